The fourth-order valence-corrected chi connectivity index (χ4v) is 4.39. The van der Waals surface area contributed by atoms with Gasteiger partial charge in [-0.1, -0.05) is 69.0 Å². The van der Waals surface area contributed by atoms with Crippen LogP contribution in [0, 0.1) is 0 Å². The molecule has 0 saturated carbocycles. The van der Waals surface area contributed by atoms with Crippen molar-refractivity contribution in [2.45, 2.75) is 38.6 Å². The van der Waals surface area contributed by atoms with Crippen LogP contribution in [0.5, 0.6) is 0 Å². The molecule has 0 unspecified atom stereocenters. The lowest BCUT2D eigenvalue weighted by molar-refractivity contribution is -0.145. The Kier molecular flexibility index (Phi) is 6.93. The molecule has 1 aromatic rings. The second-order valence-electron chi connectivity index (χ2n) is 7.06. The molecule has 0 aromatic heterocycles. The summed E-state index contributed by atoms with van der Waals surface area (Å²) in [5, 5.41) is 9.49. The van der Waals surface area contributed by atoms with Crippen LogP contribution in [0.25, 0.3) is 6.08 Å². The second kappa shape index (κ2) is 8.59. The molecule has 0 spiro atoms. The number of aliphatic carboxylic acids is 1. The zero-order valence-corrected chi connectivity index (χ0v) is 17.8. The third-order valence-corrected chi connectivity index (χ3v) is 6.06. The van der Waals surface area contributed by atoms with Crippen molar-refractivity contribution in [1.29, 1.82) is 0 Å². The van der Waals surface area contributed by atoms with Gasteiger partial charge in [-0.25, -0.2) is 4.79 Å². The fourth-order valence-electron chi connectivity index (χ4n) is 2.57. The largest absolute Gasteiger partial charge is 0.480 e. The minimum atomic E-state index is -1.02. The maximum absolute atomic E-state index is 12.7. The lowest BCUT2D eigenvalue weighted by atomic mass is 9.87. The molecule has 1 heterocycles. The number of carboxylic acid groups (broad SMARTS) is 1. The standard InChI is InChI=1S/C19H23NO3S3/c1-19(2,3)13-7-5-12(6-8-13)11-15-16(21)20(18(24)26-15)14(17(22)23)9-10-25-4/h5-8,11,14H,9-10H2,1-4H3,(H,22,23)/b15-11+/t14-/m1/s1. The summed E-state index contributed by atoms with van der Waals surface area (Å²) in [6.07, 6.45) is 4.06. The zero-order valence-electron chi connectivity index (χ0n) is 15.3. The van der Waals surface area contributed by atoms with Crippen molar-refractivity contribution in [2.75, 3.05) is 12.0 Å². The van der Waals surface area contributed by atoms with E-state index in [1.807, 2.05) is 30.5 Å². The predicted octanol–water partition coefficient (Wildman–Crippen LogP) is 4.39. The van der Waals surface area contributed by atoms with Crippen LogP contribution in [-0.2, 0) is 15.0 Å². The first kappa shape index (κ1) is 21.0. The Morgan fingerprint density at radius 2 is 1.96 bits per heavy atom. The third kappa shape index (κ3) is 4.90. The average molecular weight is 410 g/mol. The molecule has 0 aliphatic carbocycles. The van der Waals surface area contributed by atoms with Crippen molar-refractivity contribution in [3.63, 3.8) is 0 Å². The minimum absolute atomic E-state index is 0.0635. The lowest BCUT2D eigenvalue weighted by Gasteiger charge is -2.22. The van der Waals surface area contributed by atoms with Gasteiger partial charge in [0.15, 0.2) is 0 Å². The average Bonchev–Trinajstić information content (AvgIpc) is 2.82. The topological polar surface area (TPSA) is 57.6 Å². The van der Waals surface area contributed by atoms with E-state index in [1.165, 1.54) is 10.5 Å². The van der Waals surface area contributed by atoms with Crippen molar-refractivity contribution in [3.8, 4) is 0 Å². The molecule has 7 heteroatoms. The fraction of sp³-hybridized carbons (Fsp3) is 0.421. The molecule has 0 radical (unpaired) electrons. The molecule has 1 aliphatic rings. The first-order valence-corrected chi connectivity index (χ1v) is 10.9. The van der Waals surface area contributed by atoms with Crippen LogP contribution in [0.15, 0.2) is 29.2 Å². The summed E-state index contributed by atoms with van der Waals surface area (Å²) in [4.78, 5) is 26.0. The number of carboxylic acids is 1. The van der Waals surface area contributed by atoms with Gasteiger partial charge in [0.25, 0.3) is 5.91 Å². The number of hydrogen-bond donors (Lipinski definition) is 1. The van der Waals surface area contributed by atoms with Crippen LogP contribution in [0.3, 0.4) is 0 Å². The number of nitrogens with zero attached hydrogens (tertiary/aromatic N) is 1. The van der Waals surface area contributed by atoms with E-state index in [0.717, 1.165) is 17.3 Å². The SMILES string of the molecule is CSCC[C@H](C(=O)O)N1C(=O)/C(=C\c2ccc(C(C)(C)C)cc2)SC1=S. The van der Waals surface area contributed by atoms with E-state index in [4.69, 9.17) is 12.2 Å². The van der Waals surface area contributed by atoms with E-state index in [2.05, 4.69) is 20.8 Å². The molecule has 0 bridgehead atoms. The maximum Gasteiger partial charge on any atom is 0.326 e. The first-order chi connectivity index (χ1) is 12.1. The first-order valence-electron chi connectivity index (χ1n) is 8.24. The highest BCUT2D eigenvalue weighted by Gasteiger charge is 2.40. The van der Waals surface area contributed by atoms with Crippen molar-refractivity contribution in [1.82, 2.24) is 4.90 Å². The van der Waals surface area contributed by atoms with Gasteiger partial charge >= 0.3 is 5.97 Å². The molecule has 26 heavy (non-hydrogen) atoms. The molecule has 1 aliphatic heterocycles. The molecular formula is C19H23NO3S3. The molecule has 1 fully saturated rings. The summed E-state index contributed by atoms with van der Waals surface area (Å²) < 4.78 is 0.307. The Balaban J connectivity index is 2.24. The summed E-state index contributed by atoms with van der Waals surface area (Å²) in [5.74, 6) is -0.694. The van der Waals surface area contributed by atoms with E-state index in [9.17, 15) is 14.7 Å². The minimum Gasteiger partial charge on any atom is -0.480 e. The van der Waals surface area contributed by atoms with Gasteiger partial charge in [0, 0.05) is 0 Å². The summed E-state index contributed by atoms with van der Waals surface area (Å²) in [5.41, 5.74) is 2.17. The van der Waals surface area contributed by atoms with Gasteiger partial charge in [-0.15, -0.1) is 0 Å². The van der Waals surface area contributed by atoms with E-state index < -0.39 is 12.0 Å². The summed E-state index contributed by atoms with van der Waals surface area (Å²) in [6, 6.07) is 7.12. The number of hydrogen-bond acceptors (Lipinski definition) is 5. The van der Waals surface area contributed by atoms with Crippen molar-refractivity contribution in [3.05, 3.63) is 40.3 Å². The van der Waals surface area contributed by atoms with Crippen molar-refractivity contribution < 1.29 is 14.7 Å². The second-order valence-corrected chi connectivity index (χ2v) is 9.72. The Bertz CT molecular complexity index is 735. The van der Waals surface area contributed by atoms with Gasteiger partial charge in [-0.05, 0) is 41.0 Å². The number of thioether (sulfide) groups is 2. The molecule has 1 aromatic carbocycles. The highest BCUT2D eigenvalue weighted by Crippen LogP contribution is 2.35. The molecule has 1 N–H and O–H groups in total. The van der Waals surface area contributed by atoms with E-state index in [-0.39, 0.29) is 11.3 Å². The van der Waals surface area contributed by atoms with E-state index in [1.54, 1.807) is 17.8 Å². The number of rotatable bonds is 6. The van der Waals surface area contributed by atoms with Gasteiger partial charge < -0.3 is 5.11 Å². The lowest BCUT2D eigenvalue weighted by Crippen LogP contribution is -2.44. The molecule has 1 saturated heterocycles. The quantitative estimate of drug-likeness (QED) is 0.555. The smallest absolute Gasteiger partial charge is 0.326 e. The monoisotopic (exact) mass is 409 g/mol. The van der Waals surface area contributed by atoms with Crippen LogP contribution in [-0.4, -0.2) is 44.3 Å². The van der Waals surface area contributed by atoms with Crippen LogP contribution >= 0.6 is 35.7 Å². The maximum atomic E-state index is 12.7. The predicted molar refractivity (Wildman–Crippen MR) is 115 cm³/mol. The number of carbonyl (C=O) groups is 2. The Morgan fingerprint density at radius 3 is 2.46 bits per heavy atom. The van der Waals surface area contributed by atoms with Crippen LogP contribution in [0.1, 0.15) is 38.3 Å². The number of benzene rings is 1. The molecule has 1 amide bonds. The molecular weight excluding hydrogens is 386 g/mol. The highest BCUT2D eigenvalue weighted by molar-refractivity contribution is 8.26. The van der Waals surface area contributed by atoms with E-state index >= 15 is 0 Å². The Morgan fingerprint density at radius 1 is 1.35 bits per heavy atom. The van der Waals surface area contributed by atoms with Crippen LogP contribution in [0.4, 0.5) is 0 Å². The van der Waals surface area contributed by atoms with Gasteiger partial charge in [-0.2, -0.15) is 11.8 Å². The van der Waals surface area contributed by atoms with Crippen molar-refractivity contribution >= 4 is 58.0 Å². The highest BCUT2D eigenvalue weighted by atomic mass is 32.2. The number of carbonyl (C=O) groups excluding carboxylic acids is 1. The molecule has 2 rings (SSSR count). The summed E-state index contributed by atoms with van der Waals surface area (Å²) >= 11 is 8.00. The van der Waals surface area contributed by atoms with Crippen LogP contribution in [0.2, 0.25) is 0 Å². The van der Waals surface area contributed by atoms with Crippen LogP contribution < -0.4 is 0 Å². The third-order valence-electron chi connectivity index (χ3n) is 4.09. The molecule has 140 valence electrons. The zero-order chi connectivity index (χ0) is 19.5. The van der Waals surface area contributed by atoms with Gasteiger partial charge in [0.05, 0.1) is 4.91 Å². The molecule has 4 nitrogen and oxygen atoms in total. The Hall–Kier alpha value is -1.31. The number of thiocarbonyl (C=S) groups is 1. The summed E-state index contributed by atoms with van der Waals surface area (Å²) in [6.45, 7) is 6.44. The molecule has 1 atom stereocenters. The Labute approximate surface area is 168 Å². The van der Waals surface area contributed by atoms with Gasteiger partial charge in [-0.3, -0.25) is 9.69 Å². The number of amides is 1. The normalized spacial score (nSPS) is 17.8. The van der Waals surface area contributed by atoms with Crippen molar-refractivity contribution in [2.24, 2.45) is 0 Å². The summed E-state index contributed by atoms with van der Waals surface area (Å²) in [7, 11) is 0. The van der Waals surface area contributed by atoms with E-state index in [0.29, 0.717) is 21.4 Å². The van der Waals surface area contributed by atoms with Gasteiger partial charge in [0.1, 0.15) is 10.4 Å². The van der Waals surface area contributed by atoms with Gasteiger partial charge in [0.2, 0.25) is 0 Å².